The summed E-state index contributed by atoms with van der Waals surface area (Å²) >= 11 is 0. The number of rotatable bonds is 6. The normalized spacial score (nSPS) is 16.1. The molecule has 0 bridgehead atoms. The smallest absolute Gasteiger partial charge is 0.337 e. The zero-order valence-electron chi connectivity index (χ0n) is 19.3. The van der Waals surface area contributed by atoms with Crippen LogP contribution < -0.4 is 10.2 Å². The van der Waals surface area contributed by atoms with Gasteiger partial charge >= 0.3 is 5.97 Å². The molecule has 0 aromatic heterocycles. The summed E-state index contributed by atoms with van der Waals surface area (Å²) in [6.07, 6.45) is 2.21. The van der Waals surface area contributed by atoms with Gasteiger partial charge < -0.3 is 15.0 Å². The largest absolute Gasteiger partial charge is 0.465 e. The van der Waals surface area contributed by atoms with Gasteiger partial charge in [-0.2, -0.15) is 0 Å². The average molecular weight is 459 g/mol. The van der Waals surface area contributed by atoms with Gasteiger partial charge in [0.1, 0.15) is 5.82 Å². The van der Waals surface area contributed by atoms with Gasteiger partial charge in [0.05, 0.1) is 30.0 Å². The number of nitrogens with zero attached hydrogens (tertiary/aromatic N) is 1. The second kappa shape index (κ2) is 8.60. The van der Waals surface area contributed by atoms with Crippen LogP contribution in [0.5, 0.6) is 0 Å². The highest BCUT2D eigenvalue weighted by Crippen LogP contribution is 2.57. The van der Waals surface area contributed by atoms with E-state index in [0.717, 1.165) is 36.2 Å². The molecule has 1 amide bonds. The lowest BCUT2D eigenvalue weighted by atomic mass is 9.96. The van der Waals surface area contributed by atoms with Crippen LogP contribution in [0.1, 0.15) is 63.2 Å². The number of hydrogen-bond acceptors (Lipinski definition) is 4. The van der Waals surface area contributed by atoms with Crippen LogP contribution >= 0.6 is 0 Å². The van der Waals surface area contributed by atoms with Crippen LogP contribution in [0.3, 0.4) is 0 Å². The van der Waals surface area contributed by atoms with Crippen molar-refractivity contribution in [3.05, 3.63) is 100 Å². The molecule has 1 aliphatic heterocycles. The highest BCUT2D eigenvalue weighted by atomic mass is 19.1. The predicted octanol–water partition coefficient (Wildman–Crippen LogP) is 5.16. The number of hydrogen-bond donors (Lipinski definition) is 1. The minimum absolute atomic E-state index is 0.105. The van der Waals surface area contributed by atoms with Gasteiger partial charge in [0, 0.05) is 18.5 Å². The highest BCUT2D eigenvalue weighted by molar-refractivity contribution is 6.01. The van der Waals surface area contributed by atoms with Crippen LogP contribution in [0.25, 0.3) is 0 Å². The van der Waals surface area contributed by atoms with E-state index in [1.807, 2.05) is 37.3 Å². The van der Waals surface area contributed by atoms with Crippen molar-refractivity contribution in [2.75, 3.05) is 18.6 Å². The molecule has 3 aromatic carbocycles. The molecule has 1 heterocycles. The molecule has 5 nitrogen and oxygen atoms in total. The lowest BCUT2D eigenvalue weighted by Crippen LogP contribution is -2.29. The van der Waals surface area contributed by atoms with Crippen LogP contribution in [0.15, 0.2) is 66.7 Å². The third kappa shape index (κ3) is 4.04. The molecule has 1 fully saturated rings. The number of carbonyl (C=O) groups is 2. The Morgan fingerprint density at radius 1 is 1.09 bits per heavy atom. The monoisotopic (exact) mass is 458 g/mol. The van der Waals surface area contributed by atoms with Crippen molar-refractivity contribution in [2.24, 2.45) is 0 Å². The molecule has 2 aliphatic rings. The first-order valence-electron chi connectivity index (χ1n) is 11.5. The average Bonchev–Trinajstić information content (AvgIpc) is 3.56. The van der Waals surface area contributed by atoms with Crippen molar-refractivity contribution in [1.29, 1.82) is 0 Å². The van der Waals surface area contributed by atoms with Crippen molar-refractivity contribution in [1.82, 2.24) is 5.32 Å². The minimum Gasteiger partial charge on any atom is -0.465 e. The quantitative estimate of drug-likeness (QED) is 0.519. The Morgan fingerprint density at radius 3 is 2.50 bits per heavy atom. The van der Waals surface area contributed by atoms with E-state index in [2.05, 4.69) is 16.3 Å². The number of carbonyl (C=O) groups excluding carboxylic acids is 2. The Hall–Kier alpha value is -3.67. The number of benzene rings is 3. The molecule has 0 saturated heterocycles. The molecule has 1 N–H and O–H groups in total. The van der Waals surface area contributed by atoms with E-state index in [0.29, 0.717) is 17.7 Å². The van der Waals surface area contributed by atoms with Crippen LogP contribution in [0.4, 0.5) is 10.1 Å². The topological polar surface area (TPSA) is 58.6 Å². The van der Waals surface area contributed by atoms with E-state index < -0.39 is 5.97 Å². The van der Waals surface area contributed by atoms with Gasteiger partial charge in [-0.1, -0.05) is 36.4 Å². The van der Waals surface area contributed by atoms with E-state index in [9.17, 15) is 14.0 Å². The van der Waals surface area contributed by atoms with Crippen molar-refractivity contribution in [2.45, 2.75) is 37.8 Å². The first-order valence-corrected chi connectivity index (χ1v) is 11.5. The van der Waals surface area contributed by atoms with Gasteiger partial charge in [-0.25, -0.2) is 9.18 Å². The molecule has 6 heteroatoms. The van der Waals surface area contributed by atoms with Crippen LogP contribution in [-0.2, 0) is 16.7 Å². The van der Waals surface area contributed by atoms with E-state index in [-0.39, 0.29) is 23.2 Å². The Morgan fingerprint density at radius 2 is 1.82 bits per heavy atom. The van der Waals surface area contributed by atoms with Crippen LogP contribution in [0, 0.1) is 5.82 Å². The molecule has 5 rings (SSSR count). The lowest BCUT2D eigenvalue weighted by Gasteiger charge is -2.23. The van der Waals surface area contributed by atoms with Gasteiger partial charge in [0.25, 0.3) is 5.91 Å². The molecular formula is C28H27FN2O3. The number of para-hydroxylation sites is 1. The van der Waals surface area contributed by atoms with E-state index in [1.54, 1.807) is 24.3 Å². The Kier molecular flexibility index (Phi) is 5.60. The van der Waals surface area contributed by atoms with Gasteiger partial charge in [0.2, 0.25) is 0 Å². The maximum absolute atomic E-state index is 13.8. The minimum atomic E-state index is -0.393. The van der Waals surface area contributed by atoms with Crippen molar-refractivity contribution < 1.29 is 18.7 Å². The number of nitrogens with one attached hydrogen (secondary N) is 1. The summed E-state index contributed by atoms with van der Waals surface area (Å²) in [4.78, 5) is 27.3. The van der Waals surface area contributed by atoms with Crippen molar-refractivity contribution in [3.8, 4) is 0 Å². The number of amides is 1. The number of anilines is 1. The Balaban J connectivity index is 1.40. The molecule has 0 unspecified atom stereocenters. The lowest BCUT2D eigenvalue weighted by molar-refractivity contribution is 0.0600. The van der Waals surface area contributed by atoms with E-state index >= 15 is 0 Å². The molecule has 0 radical (unpaired) electrons. The maximum Gasteiger partial charge on any atom is 0.337 e. The zero-order chi connectivity index (χ0) is 23.9. The number of fused-ring (bicyclic) bond motifs is 2. The van der Waals surface area contributed by atoms with Gasteiger partial charge in [0.15, 0.2) is 0 Å². The number of halogens is 1. The van der Waals surface area contributed by atoms with Crippen molar-refractivity contribution >= 4 is 17.6 Å². The standard InChI is InChI=1S/C28H27FN2O3/c1-18(20-9-11-21(12-10-20)27(33)34-2)30-26(32)23-7-4-8-24-25(23)31(17-28(24)13-14-28)16-19-5-3-6-22(29)15-19/h3-12,15,18H,13-14,16-17H2,1-2H3,(H,30,32)/t18-/m0/s1. The van der Waals surface area contributed by atoms with E-state index in [1.165, 1.54) is 18.7 Å². The molecule has 1 aliphatic carbocycles. The Bertz CT molecular complexity index is 1250. The van der Waals surface area contributed by atoms with Gasteiger partial charge in [-0.05, 0) is 66.8 Å². The maximum atomic E-state index is 13.8. The molecule has 3 aromatic rings. The van der Waals surface area contributed by atoms with Crippen LogP contribution in [0.2, 0.25) is 0 Å². The zero-order valence-corrected chi connectivity index (χ0v) is 19.3. The second-order valence-corrected chi connectivity index (χ2v) is 9.28. The SMILES string of the molecule is COC(=O)c1ccc([C@H](C)NC(=O)c2cccc3c2N(Cc2cccc(F)c2)CC32CC2)cc1. The van der Waals surface area contributed by atoms with Crippen LogP contribution in [-0.4, -0.2) is 25.5 Å². The Labute approximate surface area is 198 Å². The highest BCUT2D eigenvalue weighted by Gasteiger charge is 2.52. The molecule has 1 spiro atoms. The number of ether oxygens (including phenoxy) is 1. The molecule has 1 saturated carbocycles. The fraction of sp³-hybridized carbons (Fsp3) is 0.286. The fourth-order valence-electron chi connectivity index (χ4n) is 4.98. The summed E-state index contributed by atoms with van der Waals surface area (Å²) in [6.45, 7) is 3.32. The van der Waals surface area contributed by atoms with E-state index in [4.69, 9.17) is 4.74 Å². The predicted molar refractivity (Wildman–Crippen MR) is 128 cm³/mol. The summed E-state index contributed by atoms with van der Waals surface area (Å²) in [5, 5.41) is 3.10. The van der Waals surface area contributed by atoms with Crippen molar-refractivity contribution in [3.63, 3.8) is 0 Å². The third-order valence-corrected chi connectivity index (χ3v) is 6.96. The number of esters is 1. The van der Waals surface area contributed by atoms with Gasteiger partial charge in [-0.3, -0.25) is 4.79 Å². The van der Waals surface area contributed by atoms with Gasteiger partial charge in [-0.15, -0.1) is 0 Å². The summed E-state index contributed by atoms with van der Waals surface area (Å²) in [5.74, 6) is -0.796. The summed E-state index contributed by atoms with van der Waals surface area (Å²) in [7, 11) is 1.35. The summed E-state index contributed by atoms with van der Waals surface area (Å²) in [6, 6.07) is 19.4. The molecule has 1 atom stereocenters. The summed E-state index contributed by atoms with van der Waals surface area (Å²) in [5.41, 5.74) is 5.15. The number of methoxy groups -OCH3 is 1. The fourth-order valence-corrected chi connectivity index (χ4v) is 4.98. The first kappa shape index (κ1) is 22.1. The molecule has 34 heavy (non-hydrogen) atoms. The first-order chi connectivity index (χ1) is 16.4. The third-order valence-electron chi connectivity index (χ3n) is 6.96. The second-order valence-electron chi connectivity index (χ2n) is 9.28. The summed E-state index contributed by atoms with van der Waals surface area (Å²) < 4.78 is 18.5. The molecular weight excluding hydrogens is 431 g/mol. The molecule has 174 valence electrons.